The second-order valence-corrected chi connectivity index (χ2v) is 5.37. The second kappa shape index (κ2) is 5.31. The number of phenolic OH excluding ortho intramolecular Hbond substituents is 1. The van der Waals surface area contributed by atoms with Gasteiger partial charge in [-0.25, -0.2) is 4.39 Å². The van der Waals surface area contributed by atoms with Gasteiger partial charge in [-0.15, -0.1) is 0 Å². The Morgan fingerprint density at radius 3 is 2.65 bits per heavy atom. The molecule has 0 aromatic heterocycles. The smallest absolute Gasteiger partial charge is 0.173 e. The van der Waals surface area contributed by atoms with Crippen LogP contribution in [0.25, 0.3) is 5.76 Å². The number of ether oxygens (including phenoxy) is 1. The van der Waals surface area contributed by atoms with Crippen molar-refractivity contribution >= 4 is 17.7 Å². The molecule has 6 heteroatoms. The van der Waals surface area contributed by atoms with Gasteiger partial charge >= 0.3 is 0 Å². The van der Waals surface area contributed by atoms with Crippen LogP contribution in [-0.2, 0) is 4.79 Å². The highest BCUT2D eigenvalue weighted by atomic mass is 19.1. The minimum Gasteiger partial charge on any atom is -0.507 e. The first kappa shape index (κ1) is 14.9. The molecule has 1 heterocycles. The summed E-state index contributed by atoms with van der Waals surface area (Å²) in [6, 6.07) is 6.91. The van der Waals surface area contributed by atoms with Gasteiger partial charge in [0.15, 0.2) is 28.8 Å². The van der Waals surface area contributed by atoms with Crippen LogP contribution >= 0.6 is 0 Å². The Morgan fingerprint density at radius 2 is 2.00 bits per heavy atom. The van der Waals surface area contributed by atoms with Crippen molar-refractivity contribution in [3.63, 3.8) is 0 Å². The summed E-state index contributed by atoms with van der Waals surface area (Å²) in [5, 5.41) is 19.6. The molecule has 1 unspecified atom stereocenters. The van der Waals surface area contributed by atoms with Crippen molar-refractivity contribution in [1.82, 2.24) is 0 Å². The lowest BCUT2D eigenvalue weighted by Crippen LogP contribution is -2.17. The summed E-state index contributed by atoms with van der Waals surface area (Å²) in [7, 11) is 0. The van der Waals surface area contributed by atoms with Gasteiger partial charge in [0.2, 0.25) is 0 Å². The van der Waals surface area contributed by atoms with E-state index in [2.05, 4.69) is 0 Å². The Balaban J connectivity index is 2.19. The number of carbonyl (C=O) groups excluding carboxylic acids is 1. The van der Waals surface area contributed by atoms with Crippen molar-refractivity contribution < 1.29 is 24.1 Å². The Labute approximate surface area is 131 Å². The zero-order chi connectivity index (χ0) is 16.7. The number of nitrogens with two attached hydrogens (primary N) is 1. The van der Waals surface area contributed by atoms with Crippen molar-refractivity contribution in [2.24, 2.45) is 0 Å². The van der Waals surface area contributed by atoms with E-state index in [0.29, 0.717) is 17.5 Å². The van der Waals surface area contributed by atoms with Gasteiger partial charge in [-0.3, -0.25) is 0 Å². The van der Waals surface area contributed by atoms with Crippen molar-refractivity contribution in [2.45, 2.75) is 12.8 Å². The van der Waals surface area contributed by atoms with E-state index in [-0.39, 0.29) is 22.8 Å². The number of carbonyl (C=O) groups is 1. The molecule has 0 fully saturated rings. The molecule has 4 N–H and O–H groups in total. The van der Waals surface area contributed by atoms with E-state index in [0.717, 1.165) is 17.7 Å². The molecule has 0 radical (unpaired) electrons. The van der Waals surface area contributed by atoms with Crippen LogP contribution in [0.2, 0.25) is 0 Å². The van der Waals surface area contributed by atoms with E-state index in [9.17, 15) is 19.4 Å². The Morgan fingerprint density at radius 1 is 1.26 bits per heavy atom. The molecule has 118 valence electrons. The lowest BCUT2D eigenvalue weighted by molar-refractivity contribution is -0.109. The summed E-state index contributed by atoms with van der Waals surface area (Å²) >= 11 is 0. The number of allylic oxidation sites excluding steroid dienone is 1. The van der Waals surface area contributed by atoms with Gasteiger partial charge in [0.1, 0.15) is 12.2 Å². The summed E-state index contributed by atoms with van der Waals surface area (Å²) in [6.45, 7) is 1.81. The van der Waals surface area contributed by atoms with Crippen LogP contribution in [0.3, 0.4) is 0 Å². The topological polar surface area (TPSA) is 92.8 Å². The van der Waals surface area contributed by atoms with E-state index >= 15 is 0 Å². The average Bonchev–Trinajstić information content (AvgIpc) is 2.50. The number of aliphatic hydroxyl groups is 1. The molecule has 5 nitrogen and oxygen atoms in total. The Hall–Kier alpha value is -3.02. The molecule has 0 aliphatic carbocycles. The fourth-order valence-electron chi connectivity index (χ4n) is 2.61. The molecule has 0 amide bonds. The third-order valence-corrected chi connectivity index (χ3v) is 3.70. The molecule has 0 spiro atoms. The highest BCUT2D eigenvalue weighted by Gasteiger charge is 2.32. The largest absolute Gasteiger partial charge is 0.507 e. The normalized spacial score (nSPS) is 16.7. The third kappa shape index (κ3) is 2.38. The second-order valence-electron chi connectivity index (χ2n) is 5.37. The van der Waals surface area contributed by atoms with Crippen LogP contribution in [-0.4, -0.2) is 16.5 Å². The van der Waals surface area contributed by atoms with E-state index in [1.54, 1.807) is 12.1 Å². The molecule has 0 bridgehead atoms. The number of nitrogen functional groups attached to an aromatic ring is 1. The molecule has 1 aliphatic heterocycles. The Kier molecular flexibility index (Phi) is 3.44. The van der Waals surface area contributed by atoms with Crippen molar-refractivity contribution in [2.75, 3.05) is 5.73 Å². The number of aryl methyl sites for hydroxylation is 1. The van der Waals surface area contributed by atoms with Crippen LogP contribution in [0.1, 0.15) is 22.6 Å². The number of benzene rings is 2. The number of aliphatic hydroxyl groups excluding tert-OH is 1. The fourth-order valence-corrected chi connectivity index (χ4v) is 2.61. The predicted octanol–water partition coefficient (Wildman–Crippen LogP) is 3.02. The summed E-state index contributed by atoms with van der Waals surface area (Å²) in [4.78, 5) is 11.4. The molecular weight excluding hydrogens is 301 g/mol. The zero-order valence-corrected chi connectivity index (χ0v) is 12.2. The number of fused-ring (bicyclic) bond motifs is 1. The Bertz CT molecular complexity index is 845. The number of aromatic hydroxyl groups is 1. The van der Waals surface area contributed by atoms with Crippen LogP contribution in [0.5, 0.6) is 11.5 Å². The van der Waals surface area contributed by atoms with E-state index in [4.69, 9.17) is 10.5 Å². The lowest BCUT2D eigenvalue weighted by atomic mass is 9.91. The number of halogens is 1. The summed E-state index contributed by atoms with van der Waals surface area (Å²) in [6.07, 6.45) is 0.576. The van der Waals surface area contributed by atoms with Gasteiger partial charge in [0, 0.05) is 11.1 Å². The highest BCUT2D eigenvalue weighted by molar-refractivity contribution is 5.82. The number of aldehydes is 1. The minimum atomic E-state index is -0.951. The number of rotatable bonds is 2. The number of anilines is 1. The van der Waals surface area contributed by atoms with Crippen LogP contribution < -0.4 is 10.5 Å². The van der Waals surface area contributed by atoms with E-state index in [1.807, 2.05) is 6.92 Å². The molecule has 2 aromatic rings. The van der Waals surface area contributed by atoms with Crippen LogP contribution in [0, 0.1) is 12.7 Å². The van der Waals surface area contributed by atoms with Gasteiger partial charge in [-0.05, 0) is 36.8 Å². The third-order valence-electron chi connectivity index (χ3n) is 3.70. The van der Waals surface area contributed by atoms with Crippen LogP contribution in [0.15, 0.2) is 36.1 Å². The summed E-state index contributed by atoms with van der Waals surface area (Å²) in [5.74, 6) is -2.47. The molecule has 1 atom stereocenters. The fraction of sp³-hybridized carbons (Fsp3) is 0.118. The molecule has 3 rings (SSSR count). The highest BCUT2D eigenvalue weighted by Crippen LogP contribution is 2.44. The maximum Gasteiger partial charge on any atom is 0.173 e. The first-order chi connectivity index (χ1) is 10.9. The van der Waals surface area contributed by atoms with Gasteiger partial charge in [0.05, 0.1) is 5.69 Å². The summed E-state index contributed by atoms with van der Waals surface area (Å²) < 4.78 is 19.2. The molecule has 0 saturated heterocycles. The quantitative estimate of drug-likeness (QED) is 0.585. The number of phenols is 1. The summed E-state index contributed by atoms with van der Waals surface area (Å²) in [5.41, 5.74) is 7.72. The van der Waals surface area contributed by atoms with E-state index in [1.165, 1.54) is 6.07 Å². The minimum absolute atomic E-state index is 0.0657. The SMILES string of the molecule is Cc1cc(N)c2c(c1)C(C=O)C(O)=C(c1ccc(O)c(F)c1)O2. The van der Waals surface area contributed by atoms with Gasteiger partial charge in [-0.1, -0.05) is 6.07 Å². The standard InChI is InChI=1S/C17H14FNO4/c1-8-4-10-11(7-20)15(22)16(23-17(10)13(19)5-8)9-2-3-14(21)12(18)6-9/h2-7,11,21-22H,19H2,1H3. The number of hydrogen-bond acceptors (Lipinski definition) is 5. The van der Waals surface area contributed by atoms with Crippen LogP contribution in [0.4, 0.5) is 10.1 Å². The van der Waals surface area contributed by atoms with Crippen molar-refractivity contribution in [1.29, 1.82) is 0 Å². The van der Waals surface area contributed by atoms with Gasteiger partial charge in [0.25, 0.3) is 0 Å². The van der Waals surface area contributed by atoms with E-state index < -0.39 is 17.5 Å². The van der Waals surface area contributed by atoms with Gasteiger partial charge < -0.3 is 25.5 Å². The first-order valence-corrected chi connectivity index (χ1v) is 6.87. The zero-order valence-electron chi connectivity index (χ0n) is 12.2. The maximum atomic E-state index is 13.6. The van der Waals surface area contributed by atoms with Crippen molar-refractivity contribution in [3.8, 4) is 11.5 Å². The number of hydrogen-bond donors (Lipinski definition) is 3. The monoisotopic (exact) mass is 315 g/mol. The lowest BCUT2D eigenvalue weighted by Gasteiger charge is -2.26. The predicted molar refractivity (Wildman–Crippen MR) is 82.6 cm³/mol. The van der Waals surface area contributed by atoms with Gasteiger partial charge in [-0.2, -0.15) is 0 Å². The molecule has 2 aromatic carbocycles. The molecular formula is C17H14FNO4. The maximum absolute atomic E-state index is 13.6. The first-order valence-electron chi connectivity index (χ1n) is 6.87. The molecule has 0 saturated carbocycles. The molecule has 1 aliphatic rings. The average molecular weight is 315 g/mol. The van der Waals surface area contributed by atoms with Crippen molar-refractivity contribution in [3.05, 3.63) is 58.6 Å². The molecule has 23 heavy (non-hydrogen) atoms.